The first kappa shape index (κ1) is 7.35. The number of hydrogen-bond acceptors (Lipinski definition) is 4. The van der Waals surface area contributed by atoms with Crippen molar-refractivity contribution in [3.8, 4) is 12.3 Å². The van der Waals surface area contributed by atoms with Crippen molar-refractivity contribution < 1.29 is 14.1 Å². The van der Waals surface area contributed by atoms with Crippen LogP contribution in [0.2, 0.25) is 0 Å². The molecule has 0 aliphatic carbocycles. The Morgan fingerprint density at radius 1 is 1.91 bits per heavy atom. The van der Waals surface area contributed by atoms with Gasteiger partial charge < -0.3 is 9.26 Å². The number of ether oxygens (including phenoxy) is 1. The summed E-state index contributed by atoms with van der Waals surface area (Å²) < 4.78 is 8.95. The van der Waals surface area contributed by atoms with Gasteiger partial charge in [-0.3, -0.25) is 0 Å². The summed E-state index contributed by atoms with van der Waals surface area (Å²) in [7, 11) is 0. The lowest BCUT2D eigenvalue weighted by atomic mass is 10.4. The third-order valence-corrected chi connectivity index (χ3v) is 0.934. The predicted molar refractivity (Wildman–Crippen MR) is 35.6 cm³/mol. The van der Waals surface area contributed by atoms with E-state index in [9.17, 15) is 4.79 Å². The van der Waals surface area contributed by atoms with Gasteiger partial charge in [-0.1, -0.05) is 11.1 Å². The Hall–Kier alpha value is -1.76. The molecule has 0 saturated carbocycles. The van der Waals surface area contributed by atoms with Crippen molar-refractivity contribution in [1.82, 2.24) is 5.16 Å². The van der Waals surface area contributed by atoms with E-state index in [-0.39, 0.29) is 12.3 Å². The van der Waals surface area contributed by atoms with Crippen LogP contribution in [0.25, 0.3) is 0 Å². The molecule has 11 heavy (non-hydrogen) atoms. The van der Waals surface area contributed by atoms with Crippen molar-refractivity contribution in [2.45, 2.75) is 0 Å². The van der Waals surface area contributed by atoms with Gasteiger partial charge in [-0.25, -0.2) is 4.79 Å². The molecule has 0 unspecified atom stereocenters. The Morgan fingerprint density at radius 2 is 2.73 bits per heavy atom. The Morgan fingerprint density at radius 3 is 3.27 bits per heavy atom. The van der Waals surface area contributed by atoms with Crippen LogP contribution >= 0.6 is 0 Å². The van der Waals surface area contributed by atoms with Crippen LogP contribution in [-0.2, 0) is 4.74 Å². The van der Waals surface area contributed by atoms with Crippen molar-refractivity contribution in [2.75, 3.05) is 6.61 Å². The van der Waals surface area contributed by atoms with Crippen molar-refractivity contribution in [3.05, 3.63) is 18.0 Å². The first-order valence-corrected chi connectivity index (χ1v) is 2.85. The molecule has 1 rings (SSSR count). The highest BCUT2D eigenvalue weighted by molar-refractivity contribution is 5.86. The lowest BCUT2D eigenvalue weighted by Crippen LogP contribution is -2.05. The molecule has 0 bridgehead atoms. The van der Waals surface area contributed by atoms with Gasteiger partial charge in [0.1, 0.15) is 6.26 Å². The molecule has 0 amide bonds. The number of terminal acetylenes is 1. The average Bonchev–Trinajstić information content (AvgIpc) is 2.52. The minimum atomic E-state index is -0.572. The van der Waals surface area contributed by atoms with Crippen LogP contribution in [0.15, 0.2) is 16.9 Å². The van der Waals surface area contributed by atoms with Gasteiger partial charge in [0.05, 0.1) is 0 Å². The smallest absolute Gasteiger partial charge is 0.361 e. The number of rotatable bonds is 2. The maximum absolute atomic E-state index is 10.8. The molecule has 1 heterocycles. The molecular weight excluding hydrogens is 146 g/mol. The third-order valence-electron chi connectivity index (χ3n) is 0.934. The van der Waals surface area contributed by atoms with Gasteiger partial charge in [0.25, 0.3) is 0 Å². The predicted octanol–water partition coefficient (Wildman–Crippen LogP) is 0.465. The quantitative estimate of drug-likeness (QED) is 0.455. The monoisotopic (exact) mass is 151 g/mol. The summed E-state index contributed by atoms with van der Waals surface area (Å²) in [5.41, 5.74) is 0.125. The highest BCUT2D eigenvalue weighted by atomic mass is 16.5. The van der Waals surface area contributed by atoms with Crippen LogP contribution in [0.4, 0.5) is 0 Å². The second-order valence-electron chi connectivity index (χ2n) is 1.66. The molecule has 1 aromatic heterocycles. The van der Waals surface area contributed by atoms with Crippen molar-refractivity contribution in [1.29, 1.82) is 0 Å². The molecule has 0 N–H and O–H groups in total. The highest BCUT2D eigenvalue weighted by Crippen LogP contribution is 1.96. The molecule has 0 aliphatic heterocycles. The van der Waals surface area contributed by atoms with E-state index in [1.165, 1.54) is 12.3 Å². The van der Waals surface area contributed by atoms with E-state index in [4.69, 9.17) is 6.42 Å². The minimum Gasteiger partial charge on any atom is -0.448 e. The zero-order valence-corrected chi connectivity index (χ0v) is 5.61. The first-order chi connectivity index (χ1) is 5.34. The molecule has 0 fully saturated rings. The molecule has 1 aromatic rings. The normalized spacial score (nSPS) is 8.64. The van der Waals surface area contributed by atoms with Crippen molar-refractivity contribution in [2.24, 2.45) is 0 Å². The van der Waals surface area contributed by atoms with Crippen molar-refractivity contribution >= 4 is 5.97 Å². The Balaban J connectivity index is 2.51. The molecule has 4 nitrogen and oxygen atoms in total. The summed E-state index contributed by atoms with van der Waals surface area (Å²) in [5.74, 6) is 1.59. The summed E-state index contributed by atoms with van der Waals surface area (Å²) in [4.78, 5) is 10.8. The van der Waals surface area contributed by atoms with E-state index in [1.54, 1.807) is 0 Å². The van der Waals surface area contributed by atoms with E-state index < -0.39 is 5.97 Å². The standard InChI is InChI=1S/C7H5NO3/c1-2-4-10-7(9)6-3-5-11-8-6/h1,3,5H,4H2. The molecule has 56 valence electrons. The maximum Gasteiger partial charge on any atom is 0.361 e. The number of carbonyl (C=O) groups excluding carboxylic acids is 1. The molecule has 4 heteroatoms. The first-order valence-electron chi connectivity index (χ1n) is 2.85. The second-order valence-corrected chi connectivity index (χ2v) is 1.66. The Labute approximate surface area is 63.1 Å². The van der Waals surface area contributed by atoms with Gasteiger partial charge in [-0.05, 0) is 0 Å². The van der Waals surface area contributed by atoms with Crippen LogP contribution in [-0.4, -0.2) is 17.7 Å². The van der Waals surface area contributed by atoms with E-state index in [2.05, 4.69) is 20.3 Å². The molecule has 0 saturated heterocycles. The largest absolute Gasteiger partial charge is 0.448 e. The fraction of sp³-hybridized carbons (Fsp3) is 0.143. The number of esters is 1. The van der Waals surface area contributed by atoms with Gasteiger partial charge >= 0.3 is 5.97 Å². The van der Waals surface area contributed by atoms with Gasteiger partial charge in [-0.2, -0.15) is 0 Å². The highest BCUT2D eigenvalue weighted by Gasteiger charge is 2.08. The lowest BCUT2D eigenvalue weighted by molar-refractivity contribution is 0.0545. The molecule has 0 atom stereocenters. The van der Waals surface area contributed by atoms with Crippen LogP contribution in [0.3, 0.4) is 0 Å². The van der Waals surface area contributed by atoms with Gasteiger partial charge in [0.2, 0.25) is 0 Å². The Kier molecular flexibility index (Phi) is 2.28. The molecule has 0 spiro atoms. The average molecular weight is 151 g/mol. The van der Waals surface area contributed by atoms with Crippen molar-refractivity contribution in [3.63, 3.8) is 0 Å². The van der Waals surface area contributed by atoms with Gasteiger partial charge in [0.15, 0.2) is 12.3 Å². The summed E-state index contributed by atoms with van der Waals surface area (Å²) >= 11 is 0. The fourth-order valence-electron chi connectivity index (χ4n) is 0.499. The summed E-state index contributed by atoms with van der Waals surface area (Å²) in [5, 5.41) is 3.35. The lowest BCUT2D eigenvalue weighted by Gasteiger charge is -1.93. The number of aromatic nitrogens is 1. The van der Waals surface area contributed by atoms with E-state index in [1.807, 2.05) is 0 Å². The zero-order valence-electron chi connectivity index (χ0n) is 5.61. The van der Waals surface area contributed by atoms with Crippen LogP contribution in [0.5, 0.6) is 0 Å². The minimum absolute atomic E-state index is 0.0499. The molecule has 0 aromatic carbocycles. The van der Waals surface area contributed by atoms with Crippen LogP contribution in [0.1, 0.15) is 10.5 Å². The topological polar surface area (TPSA) is 52.3 Å². The molecular formula is C7H5NO3. The van der Waals surface area contributed by atoms with Gasteiger partial charge in [0, 0.05) is 6.07 Å². The number of hydrogen-bond donors (Lipinski definition) is 0. The fourth-order valence-corrected chi connectivity index (χ4v) is 0.499. The van der Waals surface area contributed by atoms with Gasteiger partial charge in [-0.15, -0.1) is 6.42 Å². The number of nitrogens with zero attached hydrogens (tertiary/aromatic N) is 1. The summed E-state index contributed by atoms with van der Waals surface area (Å²) in [6.45, 7) is -0.0499. The summed E-state index contributed by atoms with van der Waals surface area (Å²) in [6.07, 6.45) is 6.14. The number of carbonyl (C=O) groups is 1. The second kappa shape index (κ2) is 3.42. The van der Waals surface area contributed by atoms with E-state index >= 15 is 0 Å². The molecule has 0 aliphatic rings. The SMILES string of the molecule is C#CCOC(=O)c1ccon1. The molecule has 0 radical (unpaired) electrons. The van der Waals surface area contributed by atoms with E-state index in [0.29, 0.717) is 0 Å². The Bertz CT molecular complexity index is 270. The van der Waals surface area contributed by atoms with Crippen LogP contribution < -0.4 is 0 Å². The zero-order chi connectivity index (χ0) is 8.10. The maximum atomic E-state index is 10.8. The van der Waals surface area contributed by atoms with Crippen LogP contribution in [0, 0.1) is 12.3 Å². The third kappa shape index (κ3) is 1.83. The summed E-state index contributed by atoms with van der Waals surface area (Å²) in [6, 6.07) is 1.40. The van der Waals surface area contributed by atoms with E-state index in [0.717, 1.165) is 0 Å².